The number of piperazine rings is 1. The van der Waals surface area contributed by atoms with Crippen LogP contribution in [0.4, 0.5) is 0 Å². The van der Waals surface area contributed by atoms with Crippen molar-refractivity contribution in [3.63, 3.8) is 0 Å². The molecule has 1 aromatic carbocycles. The first kappa shape index (κ1) is 15.2. The quantitative estimate of drug-likeness (QED) is 0.873. The van der Waals surface area contributed by atoms with Gasteiger partial charge in [0.25, 0.3) is 0 Å². The lowest BCUT2D eigenvalue weighted by Crippen LogP contribution is -2.53. The number of para-hydroxylation sites is 1. The molecule has 1 unspecified atom stereocenters. The summed E-state index contributed by atoms with van der Waals surface area (Å²) >= 11 is 0. The van der Waals surface area contributed by atoms with Crippen molar-refractivity contribution in [1.29, 1.82) is 0 Å². The molecule has 1 fully saturated rings. The summed E-state index contributed by atoms with van der Waals surface area (Å²) in [4.78, 5) is 28.3. The number of ether oxygens (including phenoxy) is 1. The van der Waals surface area contributed by atoms with Crippen molar-refractivity contribution in [3.8, 4) is 5.75 Å². The molecule has 3 heterocycles. The number of pyridine rings is 1. The molecule has 1 aromatic heterocycles. The molecular formula is C17H19N3O4. The summed E-state index contributed by atoms with van der Waals surface area (Å²) in [5.41, 5.74) is 0.0220. The predicted molar refractivity (Wildman–Crippen MR) is 88.7 cm³/mol. The van der Waals surface area contributed by atoms with Crippen LogP contribution in [0.15, 0.2) is 29.2 Å². The highest BCUT2D eigenvalue weighted by Gasteiger charge is 2.30. The maximum atomic E-state index is 12.4. The number of rotatable bonds is 2. The number of carbonyl (C=O) groups is 1. The first-order valence-electron chi connectivity index (χ1n) is 8.03. The molecule has 0 radical (unpaired) electrons. The van der Waals surface area contributed by atoms with Crippen LogP contribution in [-0.2, 0) is 6.54 Å². The van der Waals surface area contributed by atoms with E-state index in [9.17, 15) is 14.7 Å². The van der Waals surface area contributed by atoms with Gasteiger partial charge in [0.05, 0.1) is 17.4 Å². The topological polar surface area (TPSA) is 75.0 Å². The predicted octanol–water partition coefficient (Wildman–Crippen LogP) is 0.666. The van der Waals surface area contributed by atoms with Crippen LogP contribution in [0.3, 0.4) is 0 Å². The maximum Gasteiger partial charge on any atom is 0.341 e. The minimum atomic E-state index is -1.20. The number of hydrogen-bond donors (Lipinski definition) is 1. The first-order valence-corrected chi connectivity index (χ1v) is 8.03. The van der Waals surface area contributed by atoms with Gasteiger partial charge in [0.2, 0.25) is 5.43 Å². The first-order chi connectivity index (χ1) is 11.5. The zero-order chi connectivity index (χ0) is 16.8. The highest BCUT2D eigenvalue weighted by Crippen LogP contribution is 2.30. The second kappa shape index (κ2) is 5.61. The van der Waals surface area contributed by atoms with E-state index in [1.165, 1.54) is 6.20 Å². The molecule has 126 valence electrons. The standard InChI is InChI=1S/C17H19N3O4/c1-18-5-7-19(8-6-18)14-10-20-9-12(17(22)23)16(21)11-3-2-4-13(24-14)15(11)20/h2-4,9,14H,5-8,10H2,1H3,(H,22,23). The monoisotopic (exact) mass is 329 g/mol. The van der Waals surface area contributed by atoms with Gasteiger partial charge < -0.3 is 19.3 Å². The average Bonchev–Trinajstić information content (AvgIpc) is 2.58. The van der Waals surface area contributed by atoms with E-state index in [0.29, 0.717) is 23.2 Å². The average molecular weight is 329 g/mol. The van der Waals surface area contributed by atoms with Gasteiger partial charge in [-0.25, -0.2) is 4.79 Å². The van der Waals surface area contributed by atoms with Crippen molar-refractivity contribution in [1.82, 2.24) is 14.4 Å². The maximum absolute atomic E-state index is 12.4. The zero-order valence-electron chi connectivity index (χ0n) is 13.4. The zero-order valence-corrected chi connectivity index (χ0v) is 13.4. The molecule has 2 aliphatic rings. The third kappa shape index (κ3) is 2.37. The Balaban J connectivity index is 1.77. The smallest absolute Gasteiger partial charge is 0.341 e. The lowest BCUT2D eigenvalue weighted by molar-refractivity contribution is -0.0177. The highest BCUT2D eigenvalue weighted by atomic mass is 16.5. The fraction of sp³-hybridized carbons (Fsp3) is 0.412. The van der Waals surface area contributed by atoms with Crippen LogP contribution in [0.5, 0.6) is 5.75 Å². The molecule has 24 heavy (non-hydrogen) atoms. The van der Waals surface area contributed by atoms with E-state index in [-0.39, 0.29) is 11.8 Å². The Hall–Kier alpha value is -2.38. The number of benzene rings is 1. The molecule has 1 atom stereocenters. The summed E-state index contributed by atoms with van der Waals surface area (Å²) in [7, 11) is 2.10. The molecule has 2 aliphatic heterocycles. The van der Waals surface area contributed by atoms with Crippen molar-refractivity contribution >= 4 is 16.9 Å². The Morgan fingerprint density at radius 2 is 2.00 bits per heavy atom. The van der Waals surface area contributed by atoms with Gasteiger partial charge in [-0.2, -0.15) is 0 Å². The molecule has 4 rings (SSSR count). The lowest BCUT2D eigenvalue weighted by atomic mass is 10.1. The fourth-order valence-corrected chi connectivity index (χ4v) is 3.47. The SMILES string of the molecule is CN1CCN(C2Cn3cc(C(=O)O)c(=O)c4cccc(c43)O2)CC1. The Kier molecular flexibility index (Phi) is 3.54. The van der Waals surface area contributed by atoms with Gasteiger partial charge in [-0.15, -0.1) is 0 Å². The minimum absolute atomic E-state index is 0.152. The summed E-state index contributed by atoms with van der Waals surface area (Å²) in [5.74, 6) is -0.560. The number of hydrogen-bond acceptors (Lipinski definition) is 5. The van der Waals surface area contributed by atoms with E-state index in [1.807, 2.05) is 10.6 Å². The van der Waals surface area contributed by atoms with Crippen LogP contribution < -0.4 is 10.2 Å². The second-order valence-electron chi connectivity index (χ2n) is 6.39. The molecule has 0 spiro atoms. The van der Waals surface area contributed by atoms with Gasteiger partial charge in [0, 0.05) is 32.4 Å². The molecule has 7 nitrogen and oxygen atoms in total. The van der Waals surface area contributed by atoms with Crippen LogP contribution in [-0.4, -0.2) is 64.9 Å². The van der Waals surface area contributed by atoms with Gasteiger partial charge in [0.15, 0.2) is 6.23 Å². The Morgan fingerprint density at radius 3 is 2.71 bits per heavy atom. The molecule has 0 amide bonds. The van der Waals surface area contributed by atoms with Crippen LogP contribution in [0.1, 0.15) is 10.4 Å². The summed E-state index contributed by atoms with van der Waals surface area (Å²) in [6, 6.07) is 5.23. The molecule has 0 saturated carbocycles. The lowest BCUT2D eigenvalue weighted by Gasteiger charge is -2.40. The number of carboxylic acid groups (broad SMARTS) is 1. The molecule has 2 aromatic rings. The molecule has 7 heteroatoms. The van der Waals surface area contributed by atoms with E-state index in [0.717, 1.165) is 26.2 Å². The number of aromatic nitrogens is 1. The van der Waals surface area contributed by atoms with Gasteiger partial charge >= 0.3 is 5.97 Å². The summed E-state index contributed by atoms with van der Waals surface area (Å²) in [6.45, 7) is 4.26. The van der Waals surface area contributed by atoms with E-state index in [4.69, 9.17) is 4.74 Å². The summed E-state index contributed by atoms with van der Waals surface area (Å²) in [6.07, 6.45) is 1.29. The minimum Gasteiger partial charge on any atom is -0.477 e. The third-order valence-corrected chi connectivity index (χ3v) is 4.85. The van der Waals surface area contributed by atoms with Crippen LogP contribution in [0.2, 0.25) is 0 Å². The highest BCUT2D eigenvalue weighted by molar-refractivity contribution is 5.94. The van der Waals surface area contributed by atoms with Crippen molar-refractivity contribution < 1.29 is 14.6 Å². The second-order valence-corrected chi connectivity index (χ2v) is 6.39. The van der Waals surface area contributed by atoms with E-state index in [1.54, 1.807) is 12.1 Å². The Bertz CT molecular complexity index is 868. The van der Waals surface area contributed by atoms with Gasteiger partial charge in [-0.1, -0.05) is 6.07 Å². The third-order valence-electron chi connectivity index (χ3n) is 4.85. The summed E-state index contributed by atoms with van der Waals surface area (Å²) in [5, 5.41) is 9.71. The van der Waals surface area contributed by atoms with E-state index in [2.05, 4.69) is 16.8 Å². The van der Waals surface area contributed by atoms with Gasteiger partial charge in [-0.3, -0.25) is 9.69 Å². The molecule has 1 saturated heterocycles. The van der Waals surface area contributed by atoms with Crippen LogP contribution >= 0.6 is 0 Å². The van der Waals surface area contributed by atoms with Crippen molar-refractivity contribution in [2.24, 2.45) is 0 Å². The molecular weight excluding hydrogens is 310 g/mol. The summed E-state index contributed by atoms with van der Waals surface area (Å²) < 4.78 is 7.98. The molecule has 0 aliphatic carbocycles. The Morgan fingerprint density at radius 1 is 1.25 bits per heavy atom. The fourth-order valence-electron chi connectivity index (χ4n) is 3.47. The number of carboxylic acids is 1. The van der Waals surface area contributed by atoms with Gasteiger partial charge in [-0.05, 0) is 19.2 Å². The van der Waals surface area contributed by atoms with Crippen molar-refractivity contribution in [3.05, 3.63) is 40.2 Å². The number of nitrogens with zero attached hydrogens (tertiary/aromatic N) is 3. The normalized spacial score (nSPS) is 21.6. The largest absolute Gasteiger partial charge is 0.477 e. The van der Waals surface area contributed by atoms with E-state index < -0.39 is 11.4 Å². The van der Waals surface area contributed by atoms with Crippen LogP contribution in [0.25, 0.3) is 10.9 Å². The van der Waals surface area contributed by atoms with E-state index >= 15 is 0 Å². The van der Waals surface area contributed by atoms with Crippen LogP contribution in [0, 0.1) is 0 Å². The van der Waals surface area contributed by atoms with Gasteiger partial charge in [0.1, 0.15) is 11.3 Å². The molecule has 0 bridgehead atoms. The number of likely N-dealkylation sites (N-methyl/N-ethyl adjacent to an activating group) is 1. The van der Waals surface area contributed by atoms with Crippen molar-refractivity contribution in [2.75, 3.05) is 33.2 Å². The molecule has 1 N–H and O–H groups in total. The number of aromatic carboxylic acids is 1. The van der Waals surface area contributed by atoms with Crippen molar-refractivity contribution in [2.45, 2.75) is 12.8 Å². The Labute approximate surface area is 138 Å².